The third-order valence-corrected chi connectivity index (χ3v) is 5.62. The molecule has 0 saturated heterocycles. The molecule has 0 saturated carbocycles. The quantitative estimate of drug-likeness (QED) is 0.822. The zero-order chi connectivity index (χ0) is 16.4. The number of rotatable bonds is 5. The highest BCUT2D eigenvalue weighted by atomic mass is 32.2. The highest BCUT2D eigenvalue weighted by molar-refractivity contribution is 7.89. The van der Waals surface area contributed by atoms with E-state index in [1.54, 1.807) is 47.0 Å². The molecule has 0 fully saturated rings. The molecule has 0 aliphatic carbocycles. The average Bonchev–Trinajstić information content (AvgIpc) is 2.39. The monoisotopic (exact) mass is 313 g/mol. The number of benzene rings is 1. The van der Waals surface area contributed by atoms with Crippen molar-refractivity contribution in [1.29, 1.82) is 0 Å². The van der Waals surface area contributed by atoms with Crippen LogP contribution in [0.5, 0.6) is 0 Å². The normalized spacial score (nSPS) is 11.7. The molecule has 0 aliphatic rings. The number of hydrogen-bond acceptors (Lipinski definition) is 4. The Hall–Kier alpha value is -1.60. The maximum atomic E-state index is 12.8. The minimum atomic E-state index is -3.76. The van der Waals surface area contributed by atoms with Crippen molar-refractivity contribution in [3.8, 4) is 0 Å². The first-order valence-electron chi connectivity index (χ1n) is 6.68. The van der Waals surface area contributed by atoms with E-state index in [2.05, 4.69) is 0 Å². The van der Waals surface area contributed by atoms with Gasteiger partial charge in [0.15, 0.2) is 0 Å². The van der Waals surface area contributed by atoms with Crippen molar-refractivity contribution < 1.29 is 13.2 Å². The van der Waals surface area contributed by atoms with Crippen LogP contribution in [0.2, 0.25) is 0 Å². The molecule has 7 heteroatoms. The molecule has 21 heavy (non-hydrogen) atoms. The lowest BCUT2D eigenvalue weighted by atomic mass is 10.1. The molecule has 0 radical (unpaired) electrons. The zero-order valence-electron chi connectivity index (χ0n) is 13.2. The van der Waals surface area contributed by atoms with Crippen LogP contribution in [0.25, 0.3) is 0 Å². The van der Waals surface area contributed by atoms with Crippen molar-refractivity contribution in [3.05, 3.63) is 23.3 Å². The van der Waals surface area contributed by atoms with Crippen molar-refractivity contribution in [2.45, 2.75) is 25.7 Å². The number of nitrogen functional groups attached to an aromatic ring is 1. The fraction of sp³-hybridized carbons (Fsp3) is 0.500. The summed E-state index contributed by atoms with van der Waals surface area (Å²) in [6, 6.07) is 3.36. The summed E-state index contributed by atoms with van der Waals surface area (Å²) < 4.78 is 26.8. The van der Waals surface area contributed by atoms with Gasteiger partial charge in [0.25, 0.3) is 0 Å². The lowest BCUT2D eigenvalue weighted by molar-refractivity contribution is -0.128. The number of sulfonamides is 1. The highest BCUT2D eigenvalue weighted by Crippen LogP contribution is 2.27. The fourth-order valence-electron chi connectivity index (χ4n) is 2.03. The van der Waals surface area contributed by atoms with Gasteiger partial charge in [-0.3, -0.25) is 4.79 Å². The van der Waals surface area contributed by atoms with Gasteiger partial charge in [-0.05, 0) is 31.0 Å². The van der Waals surface area contributed by atoms with Gasteiger partial charge in [-0.1, -0.05) is 13.0 Å². The third kappa shape index (κ3) is 3.54. The molecule has 1 aromatic rings. The fourth-order valence-corrected chi connectivity index (χ4v) is 3.89. The van der Waals surface area contributed by atoms with E-state index in [0.717, 1.165) is 0 Å². The van der Waals surface area contributed by atoms with Gasteiger partial charge in [-0.15, -0.1) is 0 Å². The molecule has 1 rings (SSSR count). The Labute approximate surface area is 126 Å². The molecule has 0 aliphatic heterocycles. The number of aryl methyl sites for hydroxylation is 1. The summed E-state index contributed by atoms with van der Waals surface area (Å²) in [5.41, 5.74) is 7.39. The van der Waals surface area contributed by atoms with Crippen LogP contribution in [0, 0.1) is 13.8 Å². The molecule has 1 aromatic carbocycles. The summed E-state index contributed by atoms with van der Waals surface area (Å²) >= 11 is 0. The van der Waals surface area contributed by atoms with E-state index < -0.39 is 10.0 Å². The Morgan fingerprint density at radius 1 is 1.24 bits per heavy atom. The molecular formula is C14H23N3O3S. The standard InChI is InChI=1S/C14H23N3O3S/c1-6-17(9-13(18)16(4)5)21(19,20)14-10(2)7-8-12(15)11(14)3/h7-8H,6,9,15H2,1-5H3. The molecule has 118 valence electrons. The van der Waals surface area contributed by atoms with Gasteiger partial charge in [-0.25, -0.2) is 8.42 Å². The van der Waals surface area contributed by atoms with Gasteiger partial charge in [0.2, 0.25) is 15.9 Å². The molecule has 0 heterocycles. The van der Waals surface area contributed by atoms with E-state index in [9.17, 15) is 13.2 Å². The summed E-state index contributed by atoms with van der Waals surface area (Å²) in [6.45, 7) is 5.14. The smallest absolute Gasteiger partial charge is 0.244 e. The van der Waals surface area contributed by atoms with Gasteiger partial charge in [0.05, 0.1) is 11.4 Å². The minimum Gasteiger partial charge on any atom is -0.398 e. The molecule has 0 spiro atoms. The van der Waals surface area contributed by atoms with Gasteiger partial charge < -0.3 is 10.6 Å². The van der Waals surface area contributed by atoms with E-state index in [1.165, 1.54) is 9.21 Å². The topological polar surface area (TPSA) is 83.7 Å². The van der Waals surface area contributed by atoms with Crippen molar-refractivity contribution in [1.82, 2.24) is 9.21 Å². The number of anilines is 1. The van der Waals surface area contributed by atoms with Gasteiger partial charge in [0, 0.05) is 26.3 Å². The Morgan fingerprint density at radius 3 is 2.29 bits per heavy atom. The number of carbonyl (C=O) groups is 1. The van der Waals surface area contributed by atoms with Crippen molar-refractivity contribution >= 4 is 21.6 Å². The maximum absolute atomic E-state index is 12.8. The van der Waals surface area contributed by atoms with Crippen LogP contribution >= 0.6 is 0 Å². The average molecular weight is 313 g/mol. The zero-order valence-corrected chi connectivity index (χ0v) is 14.0. The minimum absolute atomic E-state index is 0.181. The van der Waals surface area contributed by atoms with Gasteiger partial charge in [0.1, 0.15) is 0 Å². The Kier molecular flexibility index (Phi) is 5.36. The molecular weight excluding hydrogens is 290 g/mol. The van der Waals surface area contributed by atoms with E-state index >= 15 is 0 Å². The maximum Gasteiger partial charge on any atom is 0.244 e. The summed E-state index contributed by atoms with van der Waals surface area (Å²) in [5, 5.41) is 0. The number of nitrogens with zero attached hydrogens (tertiary/aromatic N) is 2. The number of amides is 1. The molecule has 2 N–H and O–H groups in total. The second-order valence-electron chi connectivity index (χ2n) is 5.15. The van der Waals surface area contributed by atoms with Gasteiger partial charge >= 0.3 is 0 Å². The van der Waals surface area contributed by atoms with Crippen molar-refractivity contribution in [3.63, 3.8) is 0 Å². The number of hydrogen-bond donors (Lipinski definition) is 1. The van der Waals surface area contributed by atoms with E-state index in [-0.39, 0.29) is 23.9 Å². The van der Waals surface area contributed by atoms with Crippen LogP contribution < -0.4 is 5.73 Å². The number of likely N-dealkylation sites (N-methyl/N-ethyl adjacent to an activating group) is 2. The Bertz CT molecular complexity index is 639. The molecule has 1 amide bonds. The summed E-state index contributed by atoms with van der Waals surface area (Å²) in [7, 11) is -0.564. The van der Waals surface area contributed by atoms with Gasteiger partial charge in [-0.2, -0.15) is 4.31 Å². The van der Waals surface area contributed by atoms with E-state index in [1.807, 2.05) is 0 Å². The predicted octanol–water partition coefficient (Wildman–Crippen LogP) is 0.984. The predicted molar refractivity (Wildman–Crippen MR) is 83.5 cm³/mol. The van der Waals surface area contributed by atoms with Crippen LogP contribution in [0.3, 0.4) is 0 Å². The second kappa shape index (κ2) is 6.44. The van der Waals surface area contributed by atoms with Crippen LogP contribution in [-0.2, 0) is 14.8 Å². The van der Waals surface area contributed by atoms with E-state index in [4.69, 9.17) is 5.73 Å². The van der Waals surface area contributed by atoms with Crippen LogP contribution in [0.1, 0.15) is 18.1 Å². The summed E-state index contributed by atoms with van der Waals surface area (Å²) in [5.74, 6) is -0.264. The molecule has 0 atom stereocenters. The van der Waals surface area contributed by atoms with Crippen LogP contribution in [0.4, 0.5) is 5.69 Å². The van der Waals surface area contributed by atoms with Crippen molar-refractivity contribution in [2.75, 3.05) is 32.9 Å². The first kappa shape index (κ1) is 17.5. The summed E-state index contributed by atoms with van der Waals surface area (Å²) in [6.07, 6.45) is 0. The van der Waals surface area contributed by atoms with Crippen LogP contribution in [0.15, 0.2) is 17.0 Å². The number of carbonyl (C=O) groups excluding carboxylic acids is 1. The highest BCUT2D eigenvalue weighted by Gasteiger charge is 2.29. The lowest BCUT2D eigenvalue weighted by Gasteiger charge is -2.24. The molecule has 6 nitrogen and oxygen atoms in total. The van der Waals surface area contributed by atoms with Crippen molar-refractivity contribution in [2.24, 2.45) is 0 Å². The number of nitrogens with two attached hydrogens (primary N) is 1. The van der Waals surface area contributed by atoms with Crippen LogP contribution in [-0.4, -0.2) is 50.7 Å². The SMILES string of the molecule is CCN(CC(=O)N(C)C)S(=O)(=O)c1c(C)ccc(N)c1C. The second-order valence-corrected chi connectivity index (χ2v) is 7.02. The largest absolute Gasteiger partial charge is 0.398 e. The Balaban J connectivity index is 3.32. The third-order valence-electron chi connectivity index (χ3n) is 3.41. The first-order chi connectivity index (χ1) is 9.62. The first-order valence-corrected chi connectivity index (χ1v) is 8.12. The molecule has 0 aromatic heterocycles. The Morgan fingerprint density at radius 2 is 1.81 bits per heavy atom. The molecule has 0 bridgehead atoms. The van der Waals surface area contributed by atoms with E-state index in [0.29, 0.717) is 16.8 Å². The summed E-state index contributed by atoms with van der Waals surface area (Å²) in [4.78, 5) is 13.4. The lowest BCUT2D eigenvalue weighted by Crippen LogP contribution is -2.40. The molecule has 0 unspecified atom stereocenters.